The van der Waals surface area contributed by atoms with Gasteiger partial charge in [0.05, 0.1) is 10.6 Å². The minimum atomic E-state index is 0.447. The van der Waals surface area contributed by atoms with E-state index in [1.165, 1.54) is 23.1 Å². The van der Waals surface area contributed by atoms with Crippen molar-refractivity contribution in [2.75, 3.05) is 5.73 Å². The molecule has 0 amide bonds. The largest absolute Gasteiger partial charge is 0.393 e. The van der Waals surface area contributed by atoms with Crippen molar-refractivity contribution in [1.82, 2.24) is 29.3 Å². The van der Waals surface area contributed by atoms with Crippen LogP contribution in [0.25, 0.3) is 34.1 Å². The van der Waals surface area contributed by atoms with E-state index in [1.54, 1.807) is 17.1 Å². The van der Waals surface area contributed by atoms with E-state index >= 15 is 0 Å². The molecule has 1 aliphatic rings. The maximum absolute atomic E-state index is 6.22. The van der Waals surface area contributed by atoms with Gasteiger partial charge in [-0.3, -0.25) is 4.57 Å². The first-order valence-electron chi connectivity index (χ1n) is 13.1. The Morgan fingerprint density at radius 2 is 1.73 bits per heavy atom. The van der Waals surface area contributed by atoms with E-state index in [0.717, 1.165) is 46.9 Å². The molecule has 0 spiro atoms. The highest BCUT2D eigenvalue weighted by Crippen LogP contribution is 2.32. The Kier molecular flexibility index (Phi) is 7.03. The van der Waals surface area contributed by atoms with E-state index in [2.05, 4.69) is 32.8 Å². The van der Waals surface area contributed by atoms with Crippen LogP contribution in [0.2, 0.25) is 0 Å². The van der Waals surface area contributed by atoms with E-state index in [4.69, 9.17) is 33.7 Å². The minimum absolute atomic E-state index is 0.447. The number of fused-ring (bicyclic) bond motifs is 2. The van der Waals surface area contributed by atoms with E-state index in [-0.39, 0.29) is 0 Å². The monoisotopic (exact) mass is 544 g/mol. The molecule has 0 saturated heterocycles. The number of thiocarbonyl (C=S) groups is 1. The molecule has 9 heteroatoms. The highest BCUT2D eigenvalue weighted by Gasteiger charge is 2.20. The molecule has 40 heavy (non-hydrogen) atoms. The quantitative estimate of drug-likeness (QED) is 0.285. The Hall–Kier alpha value is -4.89. The summed E-state index contributed by atoms with van der Waals surface area (Å²) in [4.78, 5) is 14.6. The summed E-state index contributed by atoms with van der Waals surface area (Å²) in [6.45, 7) is 0. The number of nitrogens with two attached hydrogens (primary N) is 2. The molecule has 198 valence electrons. The van der Waals surface area contributed by atoms with Crippen molar-refractivity contribution in [3.8, 4) is 22.9 Å². The molecular formula is C31H28N8S. The van der Waals surface area contributed by atoms with E-state index in [9.17, 15) is 0 Å². The third kappa shape index (κ3) is 5.19. The van der Waals surface area contributed by atoms with Crippen molar-refractivity contribution >= 4 is 34.2 Å². The van der Waals surface area contributed by atoms with Gasteiger partial charge in [-0.2, -0.15) is 5.10 Å². The van der Waals surface area contributed by atoms with Crippen molar-refractivity contribution in [2.45, 2.75) is 25.7 Å². The lowest BCUT2D eigenvalue weighted by molar-refractivity contribution is 0.849. The number of anilines is 1. The number of benzene rings is 2. The highest BCUT2D eigenvalue weighted by atomic mass is 32.1. The normalized spacial score (nSPS) is 12.1. The molecule has 0 aliphatic heterocycles. The summed E-state index contributed by atoms with van der Waals surface area (Å²) in [6.07, 6.45) is 9.46. The van der Waals surface area contributed by atoms with Gasteiger partial charge in [0.2, 0.25) is 0 Å². The Bertz CT molecular complexity index is 1790. The minimum Gasteiger partial charge on any atom is -0.393 e. The first-order chi connectivity index (χ1) is 19.6. The van der Waals surface area contributed by atoms with Gasteiger partial charge in [-0.05, 0) is 78.4 Å². The Morgan fingerprint density at radius 3 is 2.50 bits per heavy atom. The van der Waals surface area contributed by atoms with Gasteiger partial charge in [0.1, 0.15) is 11.3 Å². The third-order valence-electron chi connectivity index (χ3n) is 6.87. The first kappa shape index (κ1) is 25.4. The van der Waals surface area contributed by atoms with Crippen LogP contribution in [-0.2, 0) is 19.3 Å². The summed E-state index contributed by atoms with van der Waals surface area (Å²) in [5, 5.41) is 4.32. The van der Waals surface area contributed by atoms with Crippen molar-refractivity contribution in [3.63, 3.8) is 0 Å². The van der Waals surface area contributed by atoms with Crippen LogP contribution in [0.15, 0.2) is 97.5 Å². The van der Waals surface area contributed by atoms with Gasteiger partial charge in [0, 0.05) is 30.7 Å². The standard InChI is InChI=1S/C23H19N7.C8H9NS/c24-21-18(6-2-11-25-21)22-27-19-9-10-20(29-13-3-12-26-29)28-23(19)30(22)17-8-7-15-4-1-5-16(15)14-17;9-8(10)6-7-4-2-1-3-5-7/h2-3,6-14H,1,4-5H2,(H2,24,25);1-5H,6H2,(H2,9,10). The Morgan fingerprint density at radius 1 is 0.875 bits per heavy atom. The van der Waals surface area contributed by atoms with Gasteiger partial charge >= 0.3 is 0 Å². The summed E-state index contributed by atoms with van der Waals surface area (Å²) in [7, 11) is 0. The molecule has 0 saturated carbocycles. The smallest absolute Gasteiger partial charge is 0.167 e. The average molecular weight is 545 g/mol. The molecule has 2 aromatic carbocycles. The fraction of sp³-hybridized carbons (Fsp3) is 0.129. The second kappa shape index (κ2) is 11.1. The van der Waals surface area contributed by atoms with Gasteiger partial charge < -0.3 is 11.5 Å². The van der Waals surface area contributed by atoms with E-state index in [1.807, 2.05) is 66.9 Å². The van der Waals surface area contributed by atoms with Crippen LogP contribution in [0.5, 0.6) is 0 Å². The fourth-order valence-electron chi connectivity index (χ4n) is 5.01. The van der Waals surface area contributed by atoms with Crippen molar-refractivity contribution in [3.05, 3.63) is 114 Å². The maximum Gasteiger partial charge on any atom is 0.167 e. The van der Waals surface area contributed by atoms with Crippen molar-refractivity contribution in [1.29, 1.82) is 0 Å². The molecule has 1 aliphatic carbocycles. The maximum atomic E-state index is 6.22. The Balaban J connectivity index is 0.000000246. The lowest BCUT2D eigenvalue weighted by Gasteiger charge is -2.12. The fourth-order valence-corrected chi connectivity index (χ4v) is 5.17. The lowest BCUT2D eigenvalue weighted by Crippen LogP contribution is -2.10. The molecule has 7 rings (SSSR count). The summed E-state index contributed by atoms with van der Waals surface area (Å²) in [6, 6.07) is 26.2. The summed E-state index contributed by atoms with van der Waals surface area (Å²) >= 11 is 4.76. The average Bonchev–Trinajstić information content (AvgIpc) is 3.73. The number of hydrogen-bond donors (Lipinski definition) is 2. The second-order valence-electron chi connectivity index (χ2n) is 9.61. The summed E-state index contributed by atoms with van der Waals surface area (Å²) in [5.41, 5.74) is 18.9. The summed E-state index contributed by atoms with van der Waals surface area (Å²) < 4.78 is 3.83. The zero-order valence-electron chi connectivity index (χ0n) is 21.8. The third-order valence-corrected chi connectivity index (χ3v) is 7.01. The van der Waals surface area contributed by atoms with Crippen LogP contribution >= 0.6 is 12.2 Å². The zero-order chi connectivity index (χ0) is 27.5. The van der Waals surface area contributed by atoms with Crippen LogP contribution in [-0.4, -0.2) is 34.3 Å². The topological polar surface area (TPSA) is 113 Å². The van der Waals surface area contributed by atoms with Crippen LogP contribution in [0, 0.1) is 0 Å². The summed E-state index contributed by atoms with van der Waals surface area (Å²) in [5.74, 6) is 1.92. The van der Waals surface area contributed by atoms with Crippen molar-refractivity contribution < 1.29 is 0 Å². The van der Waals surface area contributed by atoms with Crippen LogP contribution < -0.4 is 11.5 Å². The van der Waals surface area contributed by atoms with Gasteiger partial charge in [0.25, 0.3) is 0 Å². The zero-order valence-corrected chi connectivity index (χ0v) is 22.6. The van der Waals surface area contributed by atoms with Gasteiger partial charge in [-0.25, -0.2) is 19.6 Å². The SMILES string of the molecule is NC(=S)Cc1ccccc1.Nc1ncccc1-c1nc2ccc(-n3cccn3)nc2n1-c1ccc2c(c1)CCC2. The molecule has 8 nitrogen and oxygen atoms in total. The molecular weight excluding hydrogens is 516 g/mol. The Labute approximate surface area is 237 Å². The predicted octanol–water partition coefficient (Wildman–Crippen LogP) is 5.25. The van der Waals surface area contributed by atoms with Crippen LogP contribution in [0.4, 0.5) is 5.82 Å². The van der Waals surface area contributed by atoms with Gasteiger partial charge in [-0.1, -0.05) is 48.6 Å². The number of imidazole rings is 1. The molecule has 0 unspecified atom stereocenters. The molecule has 6 aromatic rings. The number of aromatic nitrogens is 6. The molecule has 4 N–H and O–H groups in total. The van der Waals surface area contributed by atoms with Crippen LogP contribution in [0.1, 0.15) is 23.1 Å². The van der Waals surface area contributed by atoms with E-state index in [0.29, 0.717) is 17.2 Å². The molecule has 4 heterocycles. The number of hydrogen-bond acceptors (Lipinski definition) is 6. The predicted molar refractivity (Wildman–Crippen MR) is 163 cm³/mol. The molecule has 0 atom stereocenters. The molecule has 0 bridgehead atoms. The van der Waals surface area contributed by atoms with Gasteiger partial charge in [-0.15, -0.1) is 0 Å². The second-order valence-corrected chi connectivity index (χ2v) is 10.1. The van der Waals surface area contributed by atoms with Gasteiger partial charge in [0.15, 0.2) is 17.3 Å². The number of rotatable bonds is 5. The number of pyridine rings is 2. The number of nitrogen functional groups attached to an aromatic ring is 1. The first-order valence-corrected chi connectivity index (χ1v) is 13.5. The number of nitrogens with zero attached hydrogens (tertiary/aromatic N) is 6. The van der Waals surface area contributed by atoms with Crippen molar-refractivity contribution in [2.24, 2.45) is 5.73 Å². The number of aryl methyl sites for hydroxylation is 2. The molecule has 0 fully saturated rings. The molecule has 4 aromatic heterocycles. The van der Waals surface area contributed by atoms with E-state index < -0.39 is 0 Å². The van der Waals surface area contributed by atoms with Crippen LogP contribution in [0.3, 0.4) is 0 Å². The lowest BCUT2D eigenvalue weighted by atomic mass is 10.1. The molecule has 0 radical (unpaired) electrons. The highest BCUT2D eigenvalue weighted by molar-refractivity contribution is 7.80.